The molecule has 0 saturated heterocycles. The Hall–Kier alpha value is -2.95. The third-order valence-electron chi connectivity index (χ3n) is 4.13. The predicted octanol–water partition coefficient (Wildman–Crippen LogP) is 3.95. The molecule has 0 spiro atoms. The molecule has 0 atom stereocenters. The lowest BCUT2D eigenvalue weighted by molar-refractivity contribution is -0.144. The molecule has 0 bridgehead atoms. The van der Waals surface area contributed by atoms with Crippen LogP contribution in [0.2, 0.25) is 0 Å². The second-order valence-corrected chi connectivity index (χ2v) is 6.08. The maximum Gasteiger partial charge on any atom is 0.310 e. The summed E-state index contributed by atoms with van der Waals surface area (Å²) in [7, 11) is 0. The Labute approximate surface area is 146 Å². The molecule has 3 aromatic rings. The molecule has 1 aromatic heterocycles. The number of hydrogen-bond acceptors (Lipinski definition) is 5. The zero-order chi connectivity index (χ0) is 17.8. The van der Waals surface area contributed by atoms with Crippen LogP contribution in [-0.4, -0.2) is 16.1 Å². The van der Waals surface area contributed by atoms with E-state index in [0.717, 1.165) is 22.3 Å². The number of esters is 1. The van der Waals surface area contributed by atoms with Gasteiger partial charge < -0.3 is 9.26 Å². The van der Waals surface area contributed by atoms with Gasteiger partial charge in [-0.25, -0.2) is 0 Å². The number of carbonyl (C=O) groups is 1. The summed E-state index contributed by atoms with van der Waals surface area (Å²) in [4.78, 5) is 16.3. The van der Waals surface area contributed by atoms with Crippen molar-refractivity contribution < 1.29 is 14.1 Å². The summed E-state index contributed by atoms with van der Waals surface area (Å²) in [5.74, 6) is 0.462. The van der Waals surface area contributed by atoms with Crippen LogP contribution in [0.4, 0.5) is 0 Å². The molecule has 0 saturated carbocycles. The zero-order valence-electron chi connectivity index (χ0n) is 14.6. The van der Waals surface area contributed by atoms with E-state index in [4.69, 9.17) is 9.26 Å². The highest BCUT2D eigenvalue weighted by atomic mass is 16.6. The molecule has 0 amide bonds. The molecular formula is C20H20N2O3. The van der Waals surface area contributed by atoms with Gasteiger partial charge in [0.2, 0.25) is 5.82 Å². The summed E-state index contributed by atoms with van der Waals surface area (Å²) in [6, 6.07) is 13.7. The molecule has 0 fully saturated rings. The fraction of sp³-hybridized carbons (Fsp3) is 0.250. The lowest BCUT2D eigenvalue weighted by atomic mass is 10.0. The molecule has 0 unspecified atom stereocenters. The Bertz CT molecular complexity index is 899. The molecule has 3 rings (SSSR count). The van der Waals surface area contributed by atoms with Crippen molar-refractivity contribution in [3.8, 4) is 11.4 Å². The van der Waals surface area contributed by atoms with Crippen LogP contribution in [0.5, 0.6) is 0 Å². The first-order valence-corrected chi connectivity index (χ1v) is 8.13. The molecule has 5 heteroatoms. The molecule has 128 valence electrons. The second kappa shape index (κ2) is 7.30. The Morgan fingerprint density at radius 2 is 1.84 bits per heavy atom. The van der Waals surface area contributed by atoms with E-state index >= 15 is 0 Å². The standard InChI is InChI=1S/C20H20N2O3/c1-13-8-9-16(10-15(13)3)11-19(23)24-12-18-21-20(22-25-18)17-7-5-4-6-14(17)2/h4-10H,11-12H2,1-3H3. The first-order valence-electron chi connectivity index (χ1n) is 8.13. The number of hydrogen-bond donors (Lipinski definition) is 0. The Kier molecular flexibility index (Phi) is 4.93. The fourth-order valence-corrected chi connectivity index (χ4v) is 2.52. The lowest BCUT2D eigenvalue weighted by Gasteiger charge is -2.05. The van der Waals surface area contributed by atoms with Crippen LogP contribution in [0, 0.1) is 20.8 Å². The van der Waals surface area contributed by atoms with E-state index in [9.17, 15) is 4.79 Å². The number of nitrogens with zero attached hydrogens (tertiary/aromatic N) is 2. The maximum absolute atomic E-state index is 12.0. The maximum atomic E-state index is 12.0. The van der Waals surface area contributed by atoms with E-state index < -0.39 is 0 Å². The number of benzene rings is 2. The minimum Gasteiger partial charge on any atom is -0.455 e. The number of carbonyl (C=O) groups excluding carboxylic acids is 1. The van der Waals surface area contributed by atoms with Crippen molar-refractivity contribution >= 4 is 5.97 Å². The Morgan fingerprint density at radius 3 is 2.60 bits per heavy atom. The van der Waals surface area contributed by atoms with E-state index in [1.165, 1.54) is 5.56 Å². The molecule has 0 radical (unpaired) electrons. The molecule has 5 nitrogen and oxygen atoms in total. The highest BCUT2D eigenvalue weighted by Gasteiger charge is 2.13. The van der Waals surface area contributed by atoms with Crippen LogP contribution in [0.1, 0.15) is 28.1 Å². The van der Waals surface area contributed by atoms with Crippen molar-refractivity contribution in [2.75, 3.05) is 0 Å². The van der Waals surface area contributed by atoms with Gasteiger partial charge in [0.25, 0.3) is 5.89 Å². The summed E-state index contributed by atoms with van der Waals surface area (Å²) < 4.78 is 10.4. The third kappa shape index (κ3) is 4.12. The molecule has 1 heterocycles. The van der Waals surface area contributed by atoms with Gasteiger partial charge in [-0.2, -0.15) is 4.98 Å². The Balaban J connectivity index is 1.59. The minimum absolute atomic E-state index is 0.0252. The zero-order valence-corrected chi connectivity index (χ0v) is 14.6. The van der Waals surface area contributed by atoms with Crippen molar-refractivity contribution in [3.05, 3.63) is 70.6 Å². The largest absolute Gasteiger partial charge is 0.455 e. The minimum atomic E-state index is -0.320. The van der Waals surface area contributed by atoms with Crippen LogP contribution in [0.25, 0.3) is 11.4 Å². The van der Waals surface area contributed by atoms with Crippen molar-refractivity contribution in [3.63, 3.8) is 0 Å². The SMILES string of the molecule is Cc1ccc(CC(=O)OCc2nc(-c3ccccc3C)no2)cc1C. The number of aryl methyl sites for hydroxylation is 3. The summed E-state index contributed by atoms with van der Waals surface area (Å²) in [6.45, 7) is 6.02. The van der Waals surface area contributed by atoms with E-state index in [0.29, 0.717) is 5.82 Å². The molecular weight excluding hydrogens is 316 g/mol. The Morgan fingerprint density at radius 1 is 1.04 bits per heavy atom. The first kappa shape index (κ1) is 16.9. The molecule has 0 aliphatic carbocycles. The summed E-state index contributed by atoms with van der Waals surface area (Å²) >= 11 is 0. The van der Waals surface area contributed by atoms with Gasteiger partial charge in [-0.15, -0.1) is 0 Å². The van der Waals surface area contributed by atoms with Crippen molar-refractivity contribution in [1.29, 1.82) is 0 Å². The monoisotopic (exact) mass is 336 g/mol. The van der Waals surface area contributed by atoms with Gasteiger partial charge in [-0.3, -0.25) is 4.79 Å². The van der Waals surface area contributed by atoms with E-state index in [2.05, 4.69) is 10.1 Å². The highest BCUT2D eigenvalue weighted by Crippen LogP contribution is 2.20. The van der Waals surface area contributed by atoms with Crippen LogP contribution in [0.15, 0.2) is 47.0 Å². The average molecular weight is 336 g/mol. The molecule has 0 aliphatic rings. The van der Waals surface area contributed by atoms with Crippen molar-refractivity contribution in [2.24, 2.45) is 0 Å². The number of ether oxygens (including phenoxy) is 1. The molecule has 2 aromatic carbocycles. The van der Waals surface area contributed by atoms with Crippen LogP contribution in [0.3, 0.4) is 0 Å². The second-order valence-electron chi connectivity index (χ2n) is 6.08. The van der Waals surface area contributed by atoms with Crippen LogP contribution >= 0.6 is 0 Å². The highest BCUT2D eigenvalue weighted by molar-refractivity contribution is 5.72. The number of rotatable bonds is 5. The molecule has 0 aliphatic heterocycles. The van der Waals surface area contributed by atoms with Gasteiger partial charge >= 0.3 is 5.97 Å². The van der Waals surface area contributed by atoms with E-state index in [1.54, 1.807) is 0 Å². The topological polar surface area (TPSA) is 65.2 Å². The average Bonchev–Trinajstić information content (AvgIpc) is 3.05. The smallest absolute Gasteiger partial charge is 0.310 e. The summed E-state index contributed by atoms with van der Waals surface area (Å²) in [5.41, 5.74) is 5.25. The molecule has 0 N–H and O–H groups in total. The van der Waals surface area contributed by atoms with Gasteiger partial charge in [-0.1, -0.05) is 47.6 Å². The number of aromatic nitrogens is 2. The van der Waals surface area contributed by atoms with Crippen LogP contribution < -0.4 is 0 Å². The van der Waals surface area contributed by atoms with Gasteiger partial charge in [0, 0.05) is 5.56 Å². The fourth-order valence-electron chi connectivity index (χ4n) is 2.52. The molecule has 25 heavy (non-hydrogen) atoms. The van der Waals surface area contributed by atoms with Gasteiger partial charge in [0.15, 0.2) is 6.61 Å². The quantitative estimate of drug-likeness (QED) is 0.660. The van der Waals surface area contributed by atoms with Crippen LogP contribution in [-0.2, 0) is 22.6 Å². The lowest BCUT2D eigenvalue weighted by Crippen LogP contribution is -2.08. The summed E-state index contributed by atoms with van der Waals surface area (Å²) in [6.07, 6.45) is 0.222. The van der Waals surface area contributed by atoms with Crippen molar-refractivity contribution in [2.45, 2.75) is 33.8 Å². The normalized spacial score (nSPS) is 10.7. The van der Waals surface area contributed by atoms with E-state index in [1.807, 2.05) is 63.2 Å². The van der Waals surface area contributed by atoms with E-state index in [-0.39, 0.29) is 24.9 Å². The van der Waals surface area contributed by atoms with Gasteiger partial charge in [0.05, 0.1) is 6.42 Å². The van der Waals surface area contributed by atoms with Crippen molar-refractivity contribution in [1.82, 2.24) is 10.1 Å². The first-order chi connectivity index (χ1) is 12.0. The third-order valence-corrected chi connectivity index (χ3v) is 4.13. The van der Waals surface area contributed by atoms with Gasteiger partial charge in [-0.05, 0) is 43.0 Å². The predicted molar refractivity (Wildman–Crippen MR) is 93.9 cm³/mol. The summed E-state index contributed by atoms with van der Waals surface area (Å²) in [5, 5.41) is 3.95. The van der Waals surface area contributed by atoms with Gasteiger partial charge in [0.1, 0.15) is 0 Å².